The van der Waals surface area contributed by atoms with Crippen molar-refractivity contribution in [2.24, 2.45) is 11.3 Å². The summed E-state index contributed by atoms with van der Waals surface area (Å²) in [5.74, 6) is 0.447. The number of methoxy groups -OCH3 is 2. The summed E-state index contributed by atoms with van der Waals surface area (Å²) < 4.78 is 11.2. The minimum atomic E-state index is -0.287. The molecule has 0 aromatic carbocycles. The Kier molecular flexibility index (Phi) is 5.91. The van der Waals surface area contributed by atoms with Crippen molar-refractivity contribution in [1.29, 1.82) is 0 Å². The lowest BCUT2D eigenvalue weighted by molar-refractivity contribution is 0.0277. The number of hydrogen-bond donors (Lipinski definition) is 1. The zero-order valence-corrected chi connectivity index (χ0v) is 16.8. The Bertz CT molecular complexity index is 642. The van der Waals surface area contributed by atoms with Gasteiger partial charge in [-0.2, -0.15) is 0 Å². The van der Waals surface area contributed by atoms with Gasteiger partial charge >= 0.3 is 0 Å². The molecule has 3 nitrogen and oxygen atoms in total. The standard InChI is InChI=1S/C23H34O3/c1-6-19-21(24)14-20-16(8-7-11-23(19,20)3)9-10-17-12-18(25-4)13-22(26-5)15(17)2/h6,9-10,18,20-22,24H,2,7-8,11-14H2,1,3-5H3/b16-9-,17-10+,19-6-. The smallest absolute Gasteiger partial charge is 0.0842 e. The maximum absolute atomic E-state index is 10.5. The monoisotopic (exact) mass is 358 g/mol. The van der Waals surface area contributed by atoms with Crippen LogP contribution in [0.5, 0.6) is 0 Å². The topological polar surface area (TPSA) is 38.7 Å². The summed E-state index contributed by atoms with van der Waals surface area (Å²) >= 11 is 0. The predicted molar refractivity (Wildman–Crippen MR) is 106 cm³/mol. The normalized spacial score (nSPS) is 42.7. The fourth-order valence-electron chi connectivity index (χ4n) is 5.48. The van der Waals surface area contributed by atoms with Crippen molar-refractivity contribution >= 4 is 0 Å². The van der Waals surface area contributed by atoms with Gasteiger partial charge in [0.1, 0.15) is 0 Å². The zero-order chi connectivity index (χ0) is 18.9. The van der Waals surface area contributed by atoms with E-state index in [9.17, 15) is 5.11 Å². The van der Waals surface area contributed by atoms with Gasteiger partial charge in [-0.15, -0.1) is 0 Å². The summed E-state index contributed by atoms with van der Waals surface area (Å²) in [4.78, 5) is 0. The van der Waals surface area contributed by atoms with E-state index in [0.717, 1.165) is 31.3 Å². The predicted octanol–water partition coefficient (Wildman–Crippen LogP) is 4.74. The molecule has 0 saturated heterocycles. The van der Waals surface area contributed by atoms with E-state index in [1.165, 1.54) is 29.6 Å². The quantitative estimate of drug-likeness (QED) is 0.741. The number of hydrogen-bond acceptors (Lipinski definition) is 3. The molecule has 0 heterocycles. The number of aliphatic hydroxyl groups is 1. The van der Waals surface area contributed by atoms with Crippen LogP contribution < -0.4 is 0 Å². The van der Waals surface area contributed by atoms with Gasteiger partial charge in [0.15, 0.2) is 0 Å². The highest BCUT2D eigenvalue weighted by Crippen LogP contribution is 2.57. The Balaban J connectivity index is 1.87. The summed E-state index contributed by atoms with van der Waals surface area (Å²) in [5.41, 5.74) is 5.14. The third-order valence-electron chi connectivity index (χ3n) is 7.01. The number of ether oxygens (including phenoxy) is 2. The second-order valence-corrected chi connectivity index (χ2v) is 8.30. The molecule has 0 spiro atoms. The molecule has 3 aliphatic rings. The Labute approximate surface area is 158 Å². The summed E-state index contributed by atoms with van der Waals surface area (Å²) in [6.45, 7) is 8.67. The van der Waals surface area contributed by atoms with Gasteiger partial charge in [0.25, 0.3) is 0 Å². The maximum Gasteiger partial charge on any atom is 0.0842 e. The van der Waals surface area contributed by atoms with E-state index in [-0.39, 0.29) is 23.7 Å². The molecule has 0 aromatic rings. The van der Waals surface area contributed by atoms with Crippen molar-refractivity contribution in [3.8, 4) is 0 Å². The first-order valence-electron chi connectivity index (χ1n) is 9.93. The third kappa shape index (κ3) is 3.37. The fraction of sp³-hybridized carbons (Fsp3) is 0.652. The average molecular weight is 359 g/mol. The van der Waals surface area contributed by atoms with E-state index in [0.29, 0.717) is 5.92 Å². The molecule has 5 atom stereocenters. The van der Waals surface area contributed by atoms with Gasteiger partial charge in [-0.1, -0.05) is 37.3 Å². The maximum atomic E-state index is 10.5. The minimum absolute atomic E-state index is 0.0397. The molecule has 144 valence electrons. The van der Waals surface area contributed by atoms with Gasteiger partial charge < -0.3 is 14.6 Å². The highest BCUT2D eigenvalue weighted by molar-refractivity contribution is 5.40. The fourth-order valence-corrected chi connectivity index (χ4v) is 5.48. The van der Waals surface area contributed by atoms with Crippen molar-refractivity contribution < 1.29 is 14.6 Å². The van der Waals surface area contributed by atoms with Crippen LogP contribution in [0.25, 0.3) is 0 Å². The third-order valence-corrected chi connectivity index (χ3v) is 7.01. The average Bonchev–Trinajstić information content (AvgIpc) is 2.90. The van der Waals surface area contributed by atoms with E-state index in [1.807, 2.05) is 0 Å². The van der Waals surface area contributed by atoms with Gasteiger partial charge in [0, 0.05) is 20.6 Å². The molecular formula is C23H34O3. The molecule has 0 radical (unpaired) electrons. The first-order valence-corrected chi connectivity index (χ1v) is 9.93. The lowest BCUT2D eigenvalue weighted by Gasteiger charge is -2.39. The van der Waals surface area contributed by atoms with Crippen LogP contribution in [0, 0.1) is 11.3 Å². The number of allylic oxidation sites excluding steroid dienone is 4. The minimum Gasteiger partial charge on any atom is -0.389 e. The van der Waals surface area contributed by atoms with E-state index < -0.39 is 0 Å². The van der Waals surface area contributed by atoms with Crippen molar-refractivity contribution in [3.63, 3.8) is 0 Å². The molecule has 3 fully saturated rings. The van der Waals surface area contributed by atoms with E-state index in [1.54, 1.807) is 14.2 Å². The Morgan fingerprint density at radius 3 is 2.62 bits per heavy atom. The number of aliphatic hydroxyl groups excluding tert-OH is 1. The van der Waals surface area contributed by atoms with Crippen LogP contribution in [0.15, 0.2) is 47.1 Å². The molecule has 0 bridgehead atoms. The zero-order valence-electron chi connectivity index (χ0n) is 16.8. The van der Waals surface area contributed by atoms with Crippen molar-refractivity contribution in [1.82, 2.24) is 0 Å². The SMILES string of the molecule is C=C1/C(=C/C=C2/CCCC3(C)/C(=C\C)C(O)CC23)CC(OC)CC1OC. The van der Waals surface area contributed by atoms with E-state index in [4.69, 9.17) is 9.47 Å². The highest BCUT2D eigenvalue weighted by Gasteiger charge is 2.49. The van der Waals surface area contributed by atoms with Crippen LogP contribution in [0.2, 0.25) is 0 Å². The van der Waals surface area contributed by atoms with Crippen LogP contribution in [0.1, 0.15) is 52.4 Å². The van der Waals surface area contributed by atoms with Crippen LogP contribution in [0.3, 0.4) is 0 Å². The number of rotatable bonds is 3. The van der Waals surface area contributed by atoms with Crippen molar-refractivity contribution in [2.75, 3.05) is 14.2 Å². The molecule has 3 saturated carbocycles. The molecule has 26 heavy (non-hydrogen) atoms. The van der Waals surface area contributed by atoms with E-state index in [2.05, 4.69) is 38.7 Å². The number of fused-ring (bicyclic) bond motifs is 1. The second-order valence-electron chi connectivity index (χ2n) is 8.30. The van der Waals surface area contributed by atoms with E-state index >= 15 is 0 Å². The molecule has 1 N–H and O–H groups in total. The lowest BCUT2D eigenvalue weighted by atomic mass is 9.65. The Morgan fingerprint density at radius 2 is 1.96 bits per heavy atom. The first kappa shape index (κ1) is 19.6. The Hall–Kier alpha value is -1.16. The lowest BCUT2D eigenvalue weighted by Crippen LogP contribution is -2.30. The van der Waals surface area contributed by atoms with Crippen LogP contribution in [-0.2, 0) is 9.47 Å². The van der Waals surface area contributed by atoms with Gasteiger partial charge in [-0.25, -0.2) is 0 Å². The highest BCUT2D eigenvalue weighted by atomic mass is 16.5. The summed E-state index contributed by atoms with van der Waals surface area (Å²) in [6, 6.07) is 0. The van der Waals surface area contributed by atoms with Crippen LogP contribution in [-0.4, -0.2) is 37.6 Å². The van der Waals surface area contributed by atoms with Crippen molar-refractivity contribution in [3.05, 3.63) is 47.1 Å². The molecule has 5 unspecified atom stereocenters. The molecule has 0 aliphatic heterocycles. The molecule has 0 amide bonds. The molecular weight excluding hydrogens is 324 g/mol. The molecule has 3 rings (SSSR count). The van der Waals surface area contributed by atoms with Gasteiger partial charge in [0.2, 0.25) is 0 Å². The second kappa shape index (κ2) is 7.84. The van der Waals surface area contributed by atoms with Crippen LogP contribution in [0.4, 0.5) is 0 Å². The first-order chi connectivity index (χ1) is 12.4. The van der Waals surface area contributed by atoms with Crippen LogP contribution >= 0.6 is 0 Å². The van der Waals surface area contributed by atoms with Gasteiger partial charge in [0.05, 0.1) is 18.3 Å². The summed E-state index contributed by atoms with van der Waals surface area (Å²) in [7, 11) is 3.52. The molecule has 0 aromatic heterocycles. The largest absolute Gasteiger partial charge is 0.389 e. The Morgan fingerprint density at radius 1 is 1.19 bits per heavy atom. The summed E-state index contributed by atoms with van der Waals surface area (Å²) in [6.07, 6.45) is 12.7. The summed E-state index contributed by atoms with van der Waals surface area (Å²) in [5, 5.41) is 10.5. The van der Waals surface area contributed by atoms with Gasteiger partial charge in [-0.05, 0) is 67.1 Å². The van der Waals surface area contributed by atoms with Crippen molar-refractivity contribution in [2.45, 2.75) is 70.7 Å². The molecule has 3 heteroatoms. The van der Waals surface area contributed by atoms with Gasteiger partial charge in [-0.3, -0.25) is 0 Å². The molecule has 3 aliphatic carbocycles.